The lowest BCUT2D eigenvalue weighted by Crippen LogP contribution is -2.57. The largest absolute Gasteiger partial charge is 0.605 e. The van der Waals surface area contributed by atoms with Gasteiger partial charge in [-0.1, -0.05) is 4.14 Å². The third-order valence-corrected chi connectivity index (χ3v) is 6.52. The number of aliphatic hydroxyl groups excluding tert-OH is 5. The number of aliphatic hydroxyl groups is 5. The van der Waals surface area contributed by atoms with Crippen molar-refractivity contribution in [3.05, 3.63) is 5.21 Å². The number of nitrogens with zero attached hydrogens (tertiary/aromatic N) is 1. The normalized spacial score (nSPS) is 31.4. The lowest BCUT2D eigenvalue weighted by Gasteiger charge is -2.39. The van der Waals surface area contributed by atoms with Crippen LogP contribution < -0.4 is 0 Å². The number of hydrogen-bond acceptors (Lipinski definition) is 11. The zero-order valence-corrected chi connectivity index (χ0v) is 16.9. The predicted octanol–water partition coefficient (Wildman–Crippen LogP) is -1.87. The number of thioether (sulfide) groups is 2. The summed E-state index contributed by atoms with van der Waals surface area (Å²) in [7, 11) is -5.14. The zero-order valence-electron chi connectivity index (χ0n) is 14.5. The fraction of sp³-hybridized carbons (Fsp3) is 0.923. The molecule has 1 heterocycles. The van der Waals surface area contributed by atoms with E-state index in [2.05, 4.69) is 0 Å². The molecule has 6 N–H and O–H groups in total. The van der Waals surface area contributed by atoms with E-state index in [0.717, 1.165) is 0 Å². The molecule has 6 unspecified atom stereocenters. The molecule has 0 spiro atoms. The summed E-state index contributed by atoms with van der Waals surface area (Å²) in [5.41, 5.74) is -1.39. The third-order valence-electron chi connectivity index (χ3n) is 3.86. The minimum Gasteiger partial charge on any atom is -0.605 e. The molecule has 27 heavy (non-hydrogen) atoms. The van der Waals surface area contributed by atoms with Crippen LogP contribution in [-0.2, 0) is 15.0 Å². The van der Waals surface area contributed by atoms with Gasteiger partial charge in [0.25, 0.3) is 0 Å². The third kappa shape index (κ3) is 7.30. The maximum Gasteiger partial charge on any atom is 0.518 e. The average molecular weight is 452 g/mol. The summed E-state index contributed by atoms with van der Waals surface area (Å²) in [6.45, 7) is -0.690. The van der Waals surface area contributed by atoms with E-state index in [9.17, 15) is 39.2 Å². The minimum atomic E-state index is -5.14. The number of hydrogen-bond donors (Lipinski definition) is 6. The van der Waals surface area contributed by atoms with Gasteiger partial charge in [0.2, 0.25) is 5.04 Å². The molecule has 0 aliphatic carbocycles. The highest BCUT2D eigenvalue weighted by atomic mass is 32.2. The molecule has 1 saturated heterocycles. The molecule has 6 atom stereocenters. The Morgan fingerprint density at radius 1 is 1.22 bits per heavy atom. The Kier molecular flexibility index (Phi) is 10.3. The average Bonchev–Trinajstić information content (AvgIpc) is 2.61. The van der Waals surface area contributed by atoms with E-state index >= 15 is 0 Å². The second-order valence-corrected chi connectivity index (χ2v) is 9.27. The van der Waals surface area contributed by atoms with Crippen LogP contribution in [0.3, 0.4) is 0 Å². The monoisotopic (exact) mass is 451 g/mol. The highest BCUT2D eigenvalue weighted by Crippen LogP contribution is 2.30. The Bertz CT molecular complexity index is 599. The highest BCUT2D eigenvalue weighted by molar-refractivity contribution is 8.14. The van der Waals surface area contributed by atoms with E-state index in [1.165, 1.54) is 11.8 Å². The molecule has 1 rings (SSSR count). The van der Waals surface area contributed by atoms with Crippen molar-refractivity contribution in [1.82, 2.24) is 0 Å². The fourth-order valence-corrected chi connectivity index (χ4v) is 4.67. The van der Waals surface area contributed by atoms with E-state index in [4.69, 9.17) is 9.29 Å². The van der Waals surface area contributed by atoms with Gasteiger partial charge in [-0.2, -0.15) is 11.8 Å². The molecular weight excluding hydrogens is 426 g/mol. The Morgan fingerprint density at radius 3 is 2.37 bits per heavy atom. The number of ether oxygens (including phenoxy) is 1. The summed E-state index contributed by atoms with van der Waals surface area (Å²) in [5, 5.41) is 60.0. The van der Waals surface area contributed by atoms with Gasteiger partial charge in [0.15, 0.2) is 0 Å². The maximum absolute atomic E-state index is 11.9. The molecule has 14 heteroatoms. The van der Waals surface area contributed by atoms with Gasteiger partial charge in [-0.3, -0.25) is 0 Å². The molecule has 1 aliphatic heterocycles. The van der Waals surface area contributed by atoms with Crippen LogP contribution in [0.15, 0.2) is 0 Å². The molecule has 11 nitrogen and oxygen atoms in total. The summed E-state index contributed by atoms with van der Waals surface area (Å²) in [6, 6.07) is 0. The van der Waals surface area contributed by atoms with Crippen molar-refractivity contribution < 1.29 is 47.4 Å². The first kappa shape index (κ1) is 24.9. The van der Waals surface area contributed by atoms with Crippen LogP contribution in [0.2, 0.25) is 0 Å². The van der Waals surface area contributed by atoms with Gasteiger partial charge in [0.1, 0.15) is 29.9 Å². The van der Waals surface area contributed by atoms with Crippen LogP contribution >= 0.6 is 23.5 Å². The second-order valence-electron chi connectivity index (χ2n) is 5.89. The van der Waals surface area contributed by atoms with Crippen molar-refractivity contribution in [2.45, 2.75) is 55.2 Å². The van der Waals surface area contributed by atoms with Crippen molar-refractivity contribution in [2.24, 2.45) is 0 Å². The molecule has 0 aromatic heterocycles. The molecule has 160 valence electrons. The SMILES string of the molecule is CSCCC(O)CCC(SC1OC(CO)C(O)C(O)C1O)=[N+]([O-])S(=O)(=O)O. The Morgan fingerprint density at radius 2 is 1.85 bits per heavy atom. The van der Waals surface area contributed by atoms with Crippen molar-refractivity contribution >= 4 is 38.9 Å². The summed E-state index contributed by atoms with van der Waals surface area (Å²) >= 11 is 1.92. The van der Waals surface area contributed by atoms with Gasteiger partial charge in [-0.05, 0) is 36.6 Å². The van der Waals surface area contributed by atoms with Crippen LogP contribution in [0.5, 0.6) is 0 Å². The van der Waals surface area contributed by atoms with Gasteiger partial charge < -0.3 is 35.5 Å². The molecule has 0 aromatic rings. The lowest BCUT2D eigenvalue weighted by molar-refractivity contribution is -0.290. The quantitative estimate of drug-likeness (QED) is 0.0572. The summed E-state index contributed by atoms with van der Waals surface area (Å²) in [6.07, 6.45) is -5.05. The molecule has 0 radical (unpaired) electrons. The zero-order chi connectivity index (χ0) is 20.8. The standard InChI is InChI=1S/C13H25NO10S3/c1-25-5-4-7(16)2-3-9(14(20)27(21,22)23)26-13-12(19)11(18)10(17)8(6-15)24-13/h7-8,10-13,15-19H,2-6H2,1H3,(H,21,22,23). The second kappa shape index (κ2) is 11.1. The molecule has 0 amide bonds. The maximum atomic E-state index is 11.9. The van der Waals surface area contributed by atoms with Crippen molar-refractivity contribution in [3.63, 3.8) is 0 Å². The number of rotatable bonds is 9. The van der Waals surface area contributed by atoms with Crippen LogP contribution in [0, 0.1) is 5.21 Å². The van der Waals surface area contributed by atoms with E-state index < -0.39 is 62.1 Å². The minimum absolute atomic E-state index is 0.00851. The highest BCUT2D eigenvalue weighted by Gasteiger charge is 2.45. The van der Waals surface area contributed by atoms with Gasteiger partial charge in [-0.25, -0.2) is 4.55 Å². The van der Waals surface area contributed by atoms with E-state index in [-0.39, 0.29) is 12.8 Å². The fourth-order valence-electron chi connectivity index (χ4n) is 2.31. The first-order chi connectivity index (χ1) is 12.5. The molecule has 1 fully saturated rings. The molecule has 1 aliphatic rings. The van der Waals surface area contributed by atoms with Crippen LogP contribution in [-0.4, -0.2) is 102 Å². The predicted molar refractivity (Wildman–Crippen MR) is 99.8 cm³/mol. The molecule has 0 bridgehead atoms. The van der Waals surface area contributed by atoms with E-state index in [0.29, 0.717) is 23.9 Å². The first-order valence-electron chi connectivity index (χ1n) is 7.97. The van der Waals surface area contributed by atoms with Gasteiger partial charge >= 0.3 is 10.3 Å². The van der Waals surface area contributed by atoms with Crippen molar-refractivity contribution in [2.75, 3.05) is 18.6 Å². The van der Waals surface area contributed by atoms with Crippen LogP contribution in [0.25, 0.3) is 0 Å². The molecule has 0 saturated carbocycles. The smallest absolute Gasteiger partial charge is 0.518 e. The van der Waals surface area contributed by atoms with Crippen molar-refractivity contribution in [1.29, 1.82) is 0 Å². The Balaban J connectivity index is 2.97. The summed E-state index contributed by atoms with van der Waals surface area (Å²) in [5.74, 6) is 0.649. The summed E-state index contributed by atoms with van der Waals surface area (Å²) < 4.78 is 35.9. The Hall–Kier alpha value is -0.160. The van der Waals surface area contributed by atoms with Crippen LogP contribution in [0.1, 0.15) is 19.3 Å². The van der Waals surface area contributed by atoms with E-state index in [1.54, 1.807) is 0 Å². The lowest BCUT2D eigenvalue weighted by atomic mass is 10.0. The van der Waals surface area contributed by atoms with E-state index in [1.807, 2.05) is 6.26 Å². The topological polar surface area (TPSA) is 191 Å². The van der Waals surface area contributed by atoms with Gasteiger partial charge in [0, 0.05) is 6.42 Å². The molecule has 0 aromatic carbocycles. The van der Waals surface area contributed by atoms with Crippen molar-refractivity contribution in [3.8, 4) is 0 Å². The van der Waals surface area contributed by atoms with Gasteiger partial charge in [0.05, 0.1) is 12.7 Å². The Labute approximate surface area is 165 Å². The summed E-state index contributed by atoms with van der Waals surface area (Å²) in [4.78, 5) is 0. The first-order valence-corrected chi connectivity index (χ1v) is 11.6. The van der Waals surface area contributed by atoms with Crippen LogP contribution in [0.4, 0.5) is 0 Å². The van der Waals surface area contributed by atoms with Gasteiger partial charge in [-0.15, -0.1) is 8.42 Å². The molecular formula is C13H25NO10S3.